The number of aryl methyl sites for hydroxylation is 1. The van der Waals surface area contributed by atoms with Crippen LogP contribution < -0.4 is 21.1 Å². The van der Waals surface area contributed by atoms with Crippen LogP contribution in [0.4, 0.5) is 20.3 Å². The van der Waals surface area contributed by atoms with E-state index >= 15 is 0 Å². The third kappa shape index (κ3) is 7.38. The number of fused-ring (bicyclic) bond motifs is 1. The number of hydrogen-bond donors (Lipinski definition) is 3. The third-order valence-electron chi connectivity index (χ3n) is 6.98. The van der Waals surface area contributed by atoms with Gasteiger partial charge in [0.05, 0.1) is 46.3 Å². The Bertz CT molecular complexity index is 1540. The van der Waals surface area contributed by atoms with Crippen molar-refractivity contribution in [1.82, 2.24) is 19.7 Å². The minimum atomic E-state index is -1.05. The maximum atomic E-state index is 14.8. The lowest BCUT2D eigenvalue weighted by atomic mass is 10.0. The van der Waals surface area contributed by atoms with E-state index in [-0.39, 0.29) is 23.8 Å². The van der Waals surface area contributed by atoms with Crippen LogP contribution >= 0.6 is 0 Å². The highest BCUT2D eigenvalue weighted by Crippen LogP contribution is 2.31. The second-order valence-corrected chi connectivity index (χ2v) is 10.6. The van der Waals surface area contributed by atoms with Crippen LogP contribution in [0.1, 0.15) is 18.1 Å². The fourth-order valence-corrected chi connectivity index (χ4v) is 4.72. The van der Waals surface area contributed by atoms with E-state index < -0.39 is 11.6 Å². The number of halogens is 2. The summed E-state index contributed by atoms with van der Waals surface area (Å²) in [5, 5.41) is 6.74. The maximum Gasteiger partial charge on any atom is 0.272 e. The molecule has 2 aromatic carbocycles. The maximum absolute atomic E-state index is 14.8. The van der Waals surface area contributed by atoms with Gasteiger partial charge in [-0.15, -0.1) is 0 Å². The van der Waals surface area contributed by atoms with Crippen molar-refractivity contribution >= 4 is 23.1 Å². The number of carbonyl (C=O) groups excluding carboxylic acids is 1. The summed E-state index contributed by atoms with van der Waals surface area (Å²) in [4.78, 5) is 20.0. The van der Waals surface area contributed by atoms with Crippen LogP contribution in [0.2, 0.25) is 0 Å². The van der Waals surface area contributed by atoms with Gasteiger partial charge in [-0.3, -0.25) is 9.20 Å². The first-order valence-corrected chi connectivity index (χ1v) is 13.8. The lowest BCUT2D eigenvalue weighted by Crippen LogP contribution is -2.48. The largest absolute Gasteiger partial charge is 0.494 e. The van der Waals surface area contributed by atoms with Crippen LogP contribution in [0, 0.1) is 11.6 Å². The van der Waals surface area contributed by atoms with Gasteiger partial charge in [0.1, 0.15) is 6.54 Å². The number of nitrogens with two attached hydrogens (primary N) is 1. The topological polar surface area (TPSA) is 116 Å². The van der Waals surface area contributed by atoms with Crippen LogP contribution in [-0.2, 0) is 22.5 Å². The molecule has 42 heavy (non-hydrogen) atoms. The monoisotopic (exact) mass is 582 g/mol. The van der Waals surface area contributed by atoms with Gasteiger partial charge in [-0.25, -0.2) is 14.4 Å². The Labute approximate surface area is 244 Å². The zero-order chi connectivity index (χ0) is 30.3. The Kier molecular flexibility index (Phi) is 10.0. The zero-order valence-electron chi connectivity index (χ0n) is 24.4. The molecule has 0 radical (unpaired) electrons. The lowest BCUT2D eigenvalue weighted by molar-refractivity contribution is -0.882. The number of hydrogen-bond acceptors (Lipinski definition) is 7. The number of quaternary nitrogens is 1. The molecule has 0 bridgehead atoms. The predicted molar refractivity (Wildman–Crippen MR) is 158 cm³/mol. The van der Waals surface area contributed by atoms with Crippen LogP contribution in [0.5, 0.6) is 5.75 Å². The Morgan fingerprint density at radius 2 is 1.90 bits per heavy atom. The van der Waals surface area contributed by atoms with Crippen molar-refractivity contribution in [1.29, 1.82) is 0 Å². The summed E-state index contributed by atoms with van der Waals surface area (Å²) in [6, 6.07) is 8.95. The smallest absolute Gasteiger partial charge is 0.272 e. The molecule has 12 heteroatoms. The molecule has 2 aromatic heterocycles. The number of ether oxygens (including phenoxy) is 2. The van der Waals surface area contributed by atoms with Crippen molar-refractivity contribution in [2.45, 2.75) is 19.9 Å². The van der Waals surface area contributed by atoms with Crippen molar-refractivity contribution < 1.29 is 27.5 Å². The van der Waals surface area contributed by atoms with E-state index in [1.165, 1.54) is 36.6 Å². The fourth-order valence-electron chi connectivity index (χ4n) is 4.72. The van der Waals surface area contributed by atoms with Gasteiger partial charge < -0.3 is 30.3 Å². The molecule has 0 fully saturated rings. The normalized spacial score (nSPS) is 11.7. The van der Waals surface area contributed by atoms with Gasteiger partial charge in [-0.2, -0.15) is 4.39 Å². The van der Waals surface area contributed by atoms with Crippen LogP contribution in [0.15, 0.2) is 48.9 Å². The second-order valence-electron chi connectivity index (χ2n) is 10.6. The molecule has 0 aliphatic carbocycles. The molecule has 1 amide bonds. The van der Waals surface area contributed by atoms with Crippen molar-refractivity contribution in [2.24, 2.45) is 5.73 Å². The van der Waals surface area contributed by atoms with Crippen molar-refractivity contribution in [3.05, 3.63) is 71.7 Å². The van der Waals surface area contributed by atoms with Gasteiger partial charge in [0, 0.05) is 36.7 Å². The number of nitrogens with zero attached hydrogens (tertiary/aromatic N) is 4. The molecule has 0 spiro atoms. The van der Waals surface area contributed by atoms with E-state index in [4.69, 9.17) is 15.2 Å². The van der Waals surface area contributed by atoms with Crippen LogP contribution in [0.25, 0.3) is 16.9 Å². The summed E-state index contributed by atoms with van der Waals surface area (Å²) in [6.45, 7) is 5.58. The number of nitrogens with one attached hydrogen (secondary N) is 2. The highest BCUT2D eigenvalue weighted by molar-refractivity contribution is 5.75. The Morgan fingerprint density at radius 1 is 1.10 bits per heavy atom. The minimum Gasteiger partial charge on any atom is -0.494 e. The zero-order valence-corrected chi connectivity index (χ0v) is 24.4. The second kappa shape index (κ2) is 13.7. The first-order valence-electron chi connectivity index (χ1n) is 13.8. The summed E-state index contributed by atoms with van der Waals surface area (Å²) >= 11 is 0. The molecule has 0 saturated carbocycles. The van der Waals surface area contributed by atoms with Crippen molar-refractivity contribution in [3.63, 3.8) is 0 Å². The molecular weight excluding hydrogens is 544 g/mol. The summed E-state index contributed by atoms with van der Waals surface area (Å²) in [7, 11) is 5.19. The van der Waals surface area contributed by atoms with Gasteiger partial charge >= 0.3 is 0 Å². The Morgan fingerprint density at radius 3 is 2.64 bits per heavy atom. The number of benzene rings is 2. The highest BCUT2D eigenvalue weighted by Gasteiger charge is 2.20. The fraction of sp³-hybridized carbons (Fsp3) is 0.367. The summed E-state index contributed by atoms with van der Waals surface area (Å²) in [6.07, 6.45) is 5.56. The standard InChI is InChI=1S/C30H37F2N7O3/c1-5-20-16-22(7-6-21(20)17-34-11-14-42-15-13-39(2,3)19-26(33)40)37-29-30-36-18-24(38(30)12-10-35-29)23-8-9-25(41-4)28(32)27(23)31/h6-10,12,16,18,34H,5,11,13-15,17,19H2,1-4H3,(H2-,33,35,37,40)/p+1. The molecule has 0 aliphatic rings. The molecule has 10 nitrogen and oxygen atoms in total. The number of likely N-dealkylation sites (N-methyl/N-ethyl adjacent to an activating group) is 1. The molecule has 4 rings (SSSR count). The number of amides is 1. The first-order chi connectivity index (χ1) is 20.1. The van der Waals surface area contributed by atoms with E-state index in [9.17, 15) is 13.6 Å². The molecule has 0 aliphatic heterocycles. The van der Waals surface area contributed by atoms with E-state index in [0.29, 0.717) is 54.5 Å². The van der Waals surface area contributed by atoms with E-state index in [1.54, 1.807) is 16.8 Å². The average Bonchev–Trinajstić information content (AvgIpc) is 3.38. The third-order valence-corrected chi connectivity index (χ3v) is 6.98. The number of methoxy groups -OCH3 is 1. The molecule has 0 unspecified atom stereocenters. The van der Waals surface area contributed by atoms with Gasteiger partial charge in [0.25, 0.3) is 5.91 Å². The minimum absolute atomic E-state index is 0.0690. The van der Waals surface area contributed by atoms with Gasteiger partial charge in [0.2, 0.25) is 5.82 Å². The Balaban J connectivity index is 1.38. The summed E-state index contributed by atoms with van der Waals surface area (Å²) in [5.41, 5.74) is 9.41. The molecular formula is C30H38F2N7O3+. The predicted octanol–water partition coefficient (Wildman–Crippen LogP) is 3.66. The van der Waals surface area contributed by atoms with E-state index in [1.807, 2.05) is 20.2 Å². The van der Waals surface area contributed by atoms with Crippen LogP contribution in [0.3, 0.4) is 0 Å². The summed E-state index contributed by atoms with van der Waals surface area (Å²) in [5.74, 6) is -2.05. The van der Waals surface area contributed by atoms with E-state index in [0.717, 1.165) is 12.1 Å². The van der Waals surface area contributed by atoms with Crippen molar-refractivity contribution in [3.8, 4) is 17.0 Å². The quantitative estimate of drug-likeness (QED) is 0.145. The molecule has 0 saturated heterocycles. The number of rotatable bonds is 15. The average molecular weight is 583 g/mol. The van der Waals surface area contributed by atoms with Gasteiger partial charge in [-0.05, 0) is 41.8 Å². The number of aromatic nitrogens is 3. The van der Waals surface area contributed by atoms with Crippen molar-refractivity contribution in [2.75, 3.05) is 59.4 Å². The highest BCUT2D eigenvalue weighted by atomic mass is 19.2. The van der Waals surface area contributed by atoms with E-state index in [2.05, 4.69) is 39.7 Å². The number of carbonyl (C=O) groups is 1. The van der Waals surface area contributed by atoms with Gasteiger partial charge in [0.15, 0.2) is 29.6 Å². The first kappa shape index (κ1) is 30.8. The number of anilines is 2. The van der Waals surface area contributed by atoms with Crippen LogP contribution in [-0.4, -0.2) is 78.8 Å². The summed E-state index contributed by atoms with van der Waals surface area (Å²) < 4.78 is 41.9. The molecule has 224 valence electrons. The van der Waals surface area contributed by atoms with Gasteiger partial charge in [-0.1, -0.05) is 13.0 Å². The number of primary amides is 1. The SMILES string of the molecule is CCc1cc(Nc2nccn3c(-c4ccc(OC)c(F)c4F)cnc23)ccc1CNCCOCC[N+](C)(C)CC(N)=O. The molecule has 4 N–H and O–H groups in total. The molecule has 4 aromatic rings. The Hall–Kier alpha value is -4.13. The lowest BCUT2D eigenvalue weighted by Gasteiger charge is -2.27. The molecule has 0 atom stereocenters. The number of imidazole rings is 1. The molecule has 2 heterocycles.